The number of hydrogen-bond acceptors (Lipinski definition) is 3. The minimum atomic E-state index is 0. The lowest BCUT2D eigenvalue weighted by molar-refractivity contribution is -0.129. The molecule has 1 aliphatic heterocycles. The van der Waals surface area contributed by atoms with Crippen molar-refractivity contribution in [2.24, 2.45) is 17.6 Å². The largest absolute Gasteiger partial charge is 0.351 e. The molecule has 0 aromatic heterocycles. The van der Waals surface area contributed by atoms with Crippen LogP contribution in [0.25, 0.3) is 0 Å². The van der Waals surface area contributed by atoms with E-state index in [1.54, 1.807) is 11.8 Å². The lowest BCUT2D eigenvalue weighted by Gasteiger charge is -2.20. The molecule has 1 aliphatic carbocycles. The molecule has 0 spiro atoms. The fraction of sp³-hybridized carbons (Fsp3) is 0.846. The second-order valence-corrected chi connectivity index (χ2v) is 5.49. The van der Waals surface area contributed by atoms with Gasteiger partial charge in [-0.2, -0.15) is 0 Å². The molecule has 1 saturated heterocycles. The Morgan fingerprint density at radius 1 is 1.32 bits per heavy atom. The highest BCUT2D eigenvalue weighted by Gasteiger charge is 2.34. The van der Waals surface area contributed by atoms with E-state index in [9.17, 15) is 9.59 Å². The molecule has 1 saturated carbocycles. The van der Waals surface area contributed by atoms with Gasteiger partial charge in [0.15, 0.2) is 0 Å². The van der Waals surface area contributed by atoms with Crippen molar-refractivity contribution in [1.29, 1.82) is 0 Å². The normalized spacial score (nSPS) is 30.0. The summed E-state index contributed by atoms with van der Waals surface area (Å²) in [5, 5.41) is 3.08. The fourth-order valence-corrected chi connectivity index (χ4v) is 3.14. The lowest BCUT2D eigenvalue weighted by atomic mass is 9.95. The van der Waals surface area contributed by atoms with Crippen LogP contribution in [0.15, 0.2) is 0 Å². The van der Waals surface area contributed by atoms with E-state index in [4.69, 9.17) is 5.73 Å². The predicted molar refractivity (Wildman–Crippen MR) is 75.9 cm³/mol. The average molecular weight is 290 g/mol. The second kappa shape index (κ2) is 7.10. The van der Waals surface area contributed by atoms with Gasteiger partial charge in [-0.1, -0.05) is 6.42 Å². The minimum Gasteiger partial charge on any atom is -0.351 e. The van der Waals surface area contributed by atoms with E-state index < -0.39 is 0 Å². The molecule has 0 aromatic carbocycles. The van der Waals surface area contributed by atoms with Gasteiger partial charge in [-0.25, -0.2) is 0 Å². The van der Waals surface area contributed by atoms with Crippen LogP contribution in [-0.2, 0) is 9.59 Å². The van der Waals surface area contributed by atoms with E-state index >= 15 is 0 Å². The molecule has 0 bridgehead atoms. The summed E-state index contributed by atoms with van der Waals surface area (Å²) in [6.45, 7) is 3.58. The first-order valence-electron chi connectivity index (χ1n) is 6.87. The third kappa shape index (κ3) is 3.83. The number of nitrogens with two attached hydrogens (primary N) is 1. The van der Waals surface area contributed by atoms with Crippen LogP contribution in [0, 0.1) is 11.8 Å². The number of nitrogens with one attached hydrogen (secondary N) is 1. The Morgan fingerprint density at radius 2 is 2.05 bits per heavy atom. The zero-order chi connectivity index (χ0) is 13.1. The quantitative estimate of drug-likeness (QED) is 0.795. The Bertz CT molecular complexity index is 338. The first-order valence-corrected chi connectivity index (χ1v) is 6.87. The van der Waals surface area contributed by atoms with E-state index in [2.05, 4.69) is 5.32 Å². The van der Waals surface area contributed by atoms with Crippen LogP contribution in [0.2, 0.25) is 0 Å². The fourth-order valence-electron chi connectivity index (χ4n) is 3.14. The van der Waals surface area contributed by atoms with Crippen LogP contribution in [0.3, 0.4) is 0 Å². The van der Waals surface area contributed by atoms with E-state index in [0.717, 1.165) is 32.2 Å². The number of amides is 2. The number of likely N-dealkylation sites (tertiary alicyclic amines) is 1. The molecule has 2 aliphatic rings. The number of carbonyl (C=O) groups is 2. The van der Waals surface area contributed by atoms with Crippen molar-refractivity contribution in [1.82, 2.24) is 10.2 Å². The molecule has 0 aromatic rings. The molecule has 3 atom stereocenters. The van der Waals surface area contributed by atoms with Crippen molar-refractivity contribution in [3.05, 3.63) is 0 Å². The van der Waals surface area contributed by atoms with Crippen molar-refractivity contribution in [3.8, 4) is 0 Å². The topological polar surface area (TPSA) is 75.4 Å². The molecule has 2 fully saturated rings. The maximum absolute atomic E-state index is 12.2. The van der Waals surface area contributed by atoms with Crippen molar-refractivity contribution in [2.45, 2.75) is 38.6 Å². The molecule has 1 unspecified atom stereocenters. The molecule has 19 heavy (non-hydrogen) atoms. The Labute approximate surface area is 120 Å². The molecule has 6 heteroatoms. The van der Waals surface area contributed by atoms with Gasteiger partial charge in [0.2, 0.25) is 11.8 Å². The number of nitrogens with zero attached hydrogens (tertiary/aromatic N) is 1. The summed E-state index contributed by atoms with van der Waals surface area (Å²) in [6, 6.07) is 0.125. The Kier molecular flexibility index (Phi) is 6.07. The summed E-state index contributed by atoms with van der Waals surface area (Å²) in [5.74, 6) is 0.655. The van der Waals surface area contributed by atoms with Crippen molar-refractivity contribution < 1.29 is 9.59 Å². The number of halogens is 1. The molecule has 1 heterocycles. The van der Waals surface area contributed by atoms with Gasteiger partial charge < -0.3 is 16.0 Å². The van der Waals surface area contributed by atoms with E-state index in [1.807, 2.05) is 0 Å². The van der Waals surface area contributed by atoms with Gasteiger partial charge in [0.1, 0.15) is 0 Å². The lowest BCUT2D eigenvalue weighted by Crippen LogP contribution is -2.42. The first kappa shape index (κ1) is 16.2. The summed E-state index contributed by atoms with van der Waals surface area (Å²) < 4.78 is 0. The van der Waals surface area contributed by atoms with Gasteiger partial charge in [0, 0.05) is 32.0 Å². The third-order valence-electron chi connectivity index (χ3n) is 4.28. The second-order valence-electron chi connectivity index (χ2n) is 5.49. The maximum atomic E-state index is 12.2. The Morgan fingerprint density at radius 3 is 2.63 bits per heavy atom. The highest BCUT2D eigenvalue weighted by atomic mass is 35.5. The Balaban J connectivity index is 0.00000180. The van der Waals surface area contributed by atoms with E-state index in [1.165, 1.54) is 0 Å². The summed E-state index contributed by atoms with van der Waals surface area (Å²) in [4.78, 5) is 25.2. The van der Waals surface area contributed by atoms with E-state index in [0.29, 0.717) is 19.0 Å². The SMILES string of the molecule is CC(=O)N1CCC(NC(=O)[C@@H]2CCC[C@@H]2CN)C1.Cl. The van der Waals surface area contributed by atoms with Gasteiger partial charge in [0.25, 0.3) is 0 Å². The van der Waals surface area contributed by atoms with Crippen molar-refractivity contribution in [3.63, 3.8) is 0 Å². The van der Waals surface area contributed by atoms with Gasteiger partial charge in [-0.15, -0.1) is 12.4 Å². The Hall–Kier alpha value is -0.810. The molecule has 0 radical (unpaired) electrons. The van der Waals surface area contributed by atoms with Crippen LogP contribution < -0.4 is 11.1 Å². The smallest absolute Gasteiger partial charge is 0.223 e. The summed E-state index contributed by atoms with van der Waals surface area (Å²) in [7, 11) is 0. The minimum absolute atomic E-state index is 0. The van der Waals surface area contributed by atoms with Crippen molar-refractivity contribution >= 4 is 24.2 Å². The number of rotatable bonds is 3. The molecule has 2 rings (SSSR count). The highest BCUT2D eigenvalue weighted by Crippen LogP contribution is 2.31. The van der Waals surface area contributed by atoms with Crippen LogP contribution in [0.1, 0.15) is 32.6 Å². The van der Waals surface area contributed by atoms with E-state index in [-0.39, 0.29) is 36.2 Å². The van der Waals surface area contributed by atoms with Crippen molar-refractivity contribution in [2.75, 3.05) is 19.6 Å². The van der Waals surface area contributed by atoms with Crippen LogP contribution >= 0.6 is 12.4 Å². The number of hydrogen-bond donors (Lipinski definition) is 2. The maximum Gasteiger partial charge on any atom is 0.223 e. The zero-order valence-corrected chi connectivity index (χ0v) is 12.2. The standard InChI is InChI=1S/C13H23N3O2.ClH/c1-9(17)16-6-5-11(8-16)15-13(18)12-4-2-3-10(12)7-14;/h10-12H,2-8,14H2,1H3,(H,15,18);1H/t10-,11?,12-;/m1./s1. The number of carbonyl (C=O) groups excluding carboxylic acids is 2. The predicted octanol–water partition coefficient (Wildman–Crippen LogP) is 0.520. The van der Waals surface area contributed by atoms with Gasteiger partial charge in [-0.05, 0) is 31.7 Å². The molecular formula is C13H24ClN3O2. The molecule has 3 N–H and O–H groups in total. The molecular weight excluding hydrogens is 266 g/mol. The average Bonchev–Trinajstić information content (AvgIpc) is 2.96. The van der Waals surface area contributed by atoms with Gasteiger partial charge in [0.05, 0.1) is 0 Å². The zero-order valence-electron chi connectivity index (χ0n) is 11.4. The molecule has 2 amide bonds. The summed E-state index contributed by atoms with van der Waals surface area (Å²) in [6.07, 6.45) is 3.99. The third-order valence-corrected chi connectivity index (χ3v) is 4.28. The first-order chi connectivity index (χ1) is 8.61. The van der Waals surface area contributed by atoms with Crippen LogP contribution in [-0.4, -0.2) is 42.4 Å². The van der Waals surface area contributed by atoms with Gasteiger partial charge >= 0.3 is 0 Å². The summed E-state index contributed by atoms with van der Waals surface area (Å²) in [5.41, 5.74) is 5.70. The molecule has 5 nitrogen and oxygen atoms in total. The monoisotopic (exact) mass is 289 g/mol. The van der Waals surface area contributed by atoms with Crippen LogP contribution in [0.4, 0.5) is 0 Å². The van der Waals surface area contributed by atoms with Gasteiger partial charge in [-0.3, -0.25) is 9.59 Å². The highest BCUT2D eigenvalue weighted by molar-refractivity contribution is 5.85. The van der Waals surface area contributed by atoms with Crippen LogP contribution in [0.5, 0.6) is 0 Å². The molecule has 110 valence electrons. The summed E-state index contributed by atoms with van der Waals surface area (Å²) >= 11 is 0.